The second-order valence-electron chi connectivity index (χ2n) is 5.86. The molecule has 3 rings (SSSR count). The summed E-state index contributed by atoms with van der Waals surface area (Å²) < 4.78 is 0. The summed E-state index contributed by atoms with van der Waals surface area (Å²) in [6, 6.07) is 16.8. The number of pyridine rings is 1. The second kappa shape index (κ2) is 7.14. The molecule has 0 bridgehead atoms. The third kappa shape index (κ3) is 3.91. The van der Waals surface area contributed by atoms with E-state index in [1.54, 1.807) is 18.2 Å². The molecule has 1 aliphatic carbocycles. The highest BCUT2D eigenvalue weighted by Gasteiger charge is 2.33. The van der Waals surface area contributed by atoms with Crippen LogP contribution in [0.2, 0.25) is 0 Å². The number of nitriles is 1. The molecule has 0 saturated heterocycles. The number of rotatable bonds is 5. The molecule has 1 atom stereocenters. The van der Waals surface area contributed by atoms with Crippen molar-refractivity contribution in [2.75, 3.05) is 0 Å². The van der Waals surface area contributed by atoms with Crippen LogP contribution in [-0.4, -0.2) is 18.7 Å². The fourth-order valence-corrected chi connectivity index (χ4v) is 2.63. The molecule has 116 valence electrons. The van der Waals surface area contributed by atoms with Crippen LogP contribution in [0.15, 0.2) is 54.1 Å². The Bertz CT molecular complexity index is 807. The van der Waals surface area contributed by atoms with Gasteiger partial charge in [-0.05, 0) is 42.1 Å². The largest absolute Gasteiger partial charge is 0.344 e. The summed E-state index contributed by atoms with van der Waals surface area (Å²) in [6.07, 6.45) is 3.63. The maximum absolute atomic E-state index is 12.5. The standard InChI is InChI=1S/C19H16BN3O/c20-17-8-4-7-16(22-17)11-15(12-21)19(24)23-18(14-9-10-14)13-5-2-1-3-6-13/h1-8,11,14,18H,9-10H2,(H,23,24)/b15-11+/t18-/m1/s1. The van der Waals surface area contributed by atoms with Crippen molar-refractivity contribution >= 4 is 25.4 Å². The van der Waals surface area contributed by atoms with E-state index in [1.165, 1.54) is 6.08 Å². The molecule has 4 nitrogen and oxygen atoms in total. The molecular weight excluding hydrogens is 297 g/mol. The van der Waals surface area contributed by atoms with Gasteiger partial charge in [0.25, 0.3) is 5.91 Å². The van der Waals surface area contributed by atoms with Gasteiger partial charge in [-0.25, -0.2) is 0 Å². The van der Waals surface area contributed by atoms with Gasteiger partial charge in [0.05, 0.1) is 11.7 Å². The van der Waals surface area contributed by atoms with Crippen molar-refractivity contribution in [2.24, 2.45) is 5.92 Å². The number of aromatic nitrogens is 1. The van der Waals surface area contributed by atoms with E-state index in [-0.39, 0.29) is 17.5 Å². The molecule has 2 radical (unpaired) electrons. The second-order valence-corrected chi connectivity index (χ2v) is 5.86. The Morgan fingerprint density at radius 1 is 1.25 bits per heavy atom. The summed E-state index contributed by atoms with van der Waals surface area (Å²) in [6.45, 7) is 0. The minimum absolute atomic E-state index is 0.0229. The number of hydrogen-bond acceptors (Lipinski definition) is 3. The molecule has 1 aromatic carbocycles. The van der Waals surface area contributed by atoms with E-state index in [2.05, 4.69) is 10.3 Å². The quantitative estimate of drug-likeness (QED) is 0.522. The van der Waals surface area contributed by atoms with E-state index in [4.69, 9.17) is 7.85 Å². The highest BCUT2D eigenvalue weighted by Crippen LogP contribution is 2.41. The molecule has 1 heterocycles. The average molecular weight is 313 g/mol. The molecule has 0 unspecified atom stereocenters. The van der Waals surface area contributed by atoms with Crippen molar-refractivity contribution in [1.82, 2.24) is 10.3 Å². The van der Waals surface area contributed by atoms with E-state index >= 15 is 0 Å². The van der Waals surface area contributed by atoms with Crippen LogP contribution in [0.1, 0.15) is 30.1 Å². The predicted octanol–water partition coefficient (Wildman–Crippen LogP) is 2.05. The Morgan fingerprint density at radius 3 is 2.62 bits per heavy atom. The van der Waals surface area contributed by atoms with Crippen LogP contribution in [0.4, 0.5) is 0 Å². The molecule has 5 heteroatoms. The summed E-state index contributed by atoms with van der Waals surface area (Å²) >= 11 is 0. The topological polar surface area (TPSA) is 65.8 Å². The van der Waals surface area contributed by atoms with Gasteiger partial charge in [-0.3, -0.25) is 9.78 Å². The third-order valence-electron chi connectivity index (χ3n) is 3.99. The Balaban J connectivity index is 1.80. The highest BCUT2D eigenvalue weighted by atomic mass is 16.1. The van der Waals surface area contributed by atoms with Gasteiger partial charge < -0.3 is 5.32 Å². The molecule has 1 N–H and O–H groups in total. The lowest BCUT2D eigenvalue weighted by atomic mass is 10.0. The number of carbonyl (C=O) groups excluding carboxylic acids is 1. The van der Waals surface area contributed by atoms with Gasteiger partial charge >= 0.3 is 0 Å². The maximum Gasteiger partial charge on any atom is 0.262 e. The summed E-state index contributed by atoms with van der Waals surface area (Å²) in [5, 5.41) is 12.3. The first-order valence-electron chi connectivity index (χ1n) is 7.87. The molecule has 0 spiro atoms. The lowest BCUT2D eigenvalue weighted by Gasteiger charge is -2.18. The molecule has 1 saturated carbocycles. The normalized spacial score (nSPS) is 15.4. The molecule has 1 fully saturated rings. The first-order chi connectivity index (χ1) is 11.7. The van der Waals surface area contributed by atoms with Crippen molar-refractivity contribution in [2.45, 2.75) is 18.9 Å². The average Bonchev–Trinajstić information content (AvgIpc) is 3.43. The zero-order valence-electron chi connectivity index (χ0n) is 13.1. The summed E-state index contributed by atoms with van der Waals surface area (Å²) in [4.78, 5) is 16.6. The first kappa shape index (κ1) is 16.0. The van der Waals surface area contributed by atoms with Crippen LogP contribution < -0.4 is 10.9 Å². The van der Waals surface area contributed by atoms with Crippen LogP contribution >= 0.6 is 0 Å². The molecule has 24 heavy (non-hydrogen) atoms. The van der Waals surface area contributed by atoms with Crippen LogP contribution in [0.25, 0.3) is 6.08 Å². The minimum atomic E-state index is -0.387. The number of amides is 1. The maximum atomic E-state index is 12.5. The number of benzene rings is 1. The fourth-order valence-electron chi connectivity index (χ4n) is 2.63. The molecule has 0 aliphatic heterocycles. The van der Waals surface area contributed by atoms with Gasteiger partial charge in [0.15, 0.2) is 0 Å². The minimum Gasteiger partial charge on any atom is -0.344 e. The number of carbonyl (C=O) groups is 1. The predicted molar refractivity (Wildman–Crippen MR) is 93.3 cm³/mol. The fraction of sp³-hybridized carbons (Fsp3) is 0.211. The van der Waals surface area contributed by atoms with Crippen LogP contribution in [0.3, 0.4) is 0 Å². The van der Waals surface area contributed by atoms with E-state index in [0.29, 0.717) is 17.2 Å². The molecule has 1 aliphatic rings. The van der Waals surface area contributed by atoms with Crippen molar-refractivity contribution in [3.05, 3.63) is 65.4 Å². The Morgan fingerprint density at radius 2 is 2.00 bits per heavy atom. The third-order valence-corrected chi connectivity index (χ3v) is 3.99. The first-order valence-corrected chi connectivity index (χ1v) is 7.87. The summed E-state index contributed by atoms with van der Waals surface area (Å²) in [5.41, 5.74) is 1.92. The highest BCUT2D eigenvalue weighted by molar-refractivity contribution is 6.30. The Labute approximate surface area is 142 Å². The van der Waals surface area contributed by atoms with Gasteiger partial charge in [-0.1, -0.05) is 42.5 Å². The van der Waals surface area contributed by atoms with Gasteiger partial charge in [0, 0.05) is 0 Å². The molecule has 1 amide bonds. The zero-order chi connectivity index (χ0) is 16.9. The number of hydrogen-bond donors (Lipinski definition) is 1. The van der Waals surface area contributed by atoms with Crippen molar-refractivity contribution < 1.29 is 4.79 Å². The van der Waals surface area contributed by atoms with Gasteiger partial charge in [-0.2, -0.15) is 5.26 Å². The van der Waals surface area contributed by atoms with Crippen LogP contribution in [0, 0.1) is 17.2 Å². The Kier molecular flexibility index (Phi) is 4.76. The molecular formula is C19H16BN3O. The monoisotopic (exact) mass is 313 g/mol. The van der Waals surface area contributed by atoms with Crippen LogP contribution in [0.5, 0.6) is 0 Å². The Hall–Kier alpha value is -2.87. The smallest absolute Gasteiger partial charge is 0.262 e. The molecule has 2 aromatic rings. The number of nitrogens with zero attached hydrogens (tertiary/aromatic N) is 2. The van der Waals surface area contributed by atoms with E-state index in [9.17, 15) is 10.1 Å². The van der Waals surface area contributed by atoms with Crippen molar-refractivity contribution in [1.29, 1.82) is 5.26 Å². The van der Waals surface area contributed by atoms with Gasteiger partial charge in [0.2, 0.25) is 0 Å². The van der Waals surface area contributed by atoms with Gasteiger partial charge in [-0.15, -0.1) is 0 Å². The number of nitrogens with one attached hydrogen (secondary N) is 1. The van der Waals surface area contributed by atoms with E-state index in [0.717, 1.165) is 18.4 Å². The van der Waals surface area contributed by atoms with Crippen molar-refractivity contribution in [3.63, 3.8) is 0 Å². The van der Waals surface area contributed by atoms with E-state index < -0.39 is 0 Å². The van der Waals surface area contributed by atoms with Crippen molar-refractivity contribution in [3.8, 4) is 6.07 Å². The summed E-state index contributed by atoms with van der Waals surface area (Å²) in [5.74, 6) is 0.0456. The SMILES string of the molecule is [B]c1cccc(/C=C(\C#N)C(=O)N[C@H](c2ccccc2)C2CC2)n1. The lowest BCUT2D eigenvalue weighted by molar-refractivity contribution is -0.117. The van der Waals surface area contributed by atoms with Gasteiger partial charge in [0.1, 0.15) is 19.5 Å². The summed E-state index contributed by atoms with van der Waals surface area (Å²) in [7, 11) is 5.63. The zero-order valence-corrected chi connectivity index (χ0v) is 13.1. The van der Waals surface area contributed by atoms with Crippen LogP contribution in [-0.2, 0) is 4.79 Å². The lowest BCUT2D eigenvalue weighted by Crippen LogP contribution is -2.30. The van der Waals surface area contributed by atoms with E-state index in [1.807, 2.05) is 36.4 Å². The molecule has 1 aromatic heterocycles.